The number of anilines is 3. The molecule has 0 fully saturated rings. The highest BCUT2D eigenvalue weighted by molar-refractivity contribution is 7.93. The lowest BCUT2D eigenvalue weighted by molar-refractivity contribution is -0.147. The Kier molecular flexibility index (Phi) is 27.7. The Morgan fingerprint density at radius 2 is 0.734 bits per heavy atom. The van der Waals surface area contributed by atoms with Crippen LogP contribution in [0.2, 0.25) is 0 Å². The lowest BCUT2D eigenvalue weighted by Gasteiger charge is -2.22. The van der Waals surface area contributed by atoms with E-state index in [0.29, 0.717) is 57.6 Å². The largest absolute Gasteiger partial charge is 0.469 e. The summed E-state index contributed by atoms with van der Waals surface area (Å²) in [5.74, 6) is -0.414. The summed E-state index contributed by atoms with van der Waals surface area (Å²) in [6.07, 6.45) is 13.4. The molecule has 9 rings (SSSR count). The number of carbonyl (C=O) groups is 3. The number of methoxy groups -OCH3 is 1. The first-order chi connectivity index (χ1) is 44.9. The average Bonchev–Trinajstić information content (AvgIpc) is 1.61. The van der Waals surface area contributed by atoms with Crippen LogP contribution in [0.25, 0.3) is 0 Å². The molecule has 18 nitrogen and oxygen atoms in total. The van der Waals surface area contributed by atoms with E-state index in [2.05, 4.69) is 20.7 Å². The minimum atomic E-state index is -3.64. The molecule has 94 heavy (non-hydrogen) atoms. The van der Waals surface area contributed by atoms with Crippen LogP contribution in [-0.2, 0) is 58.7 Å². The molecule has 0 radical (unpaired) electrons. The van der Waals surface area contributed by atoms with Crippen molar-refractivity contribution >= 4 is 65.0 Å². The van der Waals surface area contributed by atoms with E-state index >= 15 is 0 Å². The fraction of sp³-hybridized carbons (Fsp3) is 0.466. The maximum absolute atomic E-state index is 13.3. The molecule has 6 aromatic carbocycles. The topological polar surface area (TPSA) is 227 Å². The van der Waals surface area contributed by atoms with Gasteiger partial charge < -0.3 is 30.2 Å². The van der Waals surface area contributed by atoms with Crippen LogP contribution in [0.1, 0.15) is 192 Å². The Morgan fingerprint density at radius 3 is 1.05 bits per heavy atom. The zero-order chi connectivity index (χ0) is 68.2. The van der Waals surface area contributed by atoms with Crippen molar-refractivity contribution in [1.29, 1.82) is 0 Å². The Bertz CT molecular complexity index is 3880. The summed E-state index contributed by atoms with van der Waals surface area (Å²) in [7, 11) is -4.64. The molecular weight excluding hydrogens is 1250 g/mol. The number of fused-ring (bicyclic) bond motifs is 6. The maximum atomic E-state index is 13.3. The number of unbranched alkanes of at least 4 members (excludes halogenated alkanes) is 9. The van der Waals surface area contributed by atoms with Crippen molar-refractivity contribution in [2.75, 3.05) is 67.4 Å². The van der Waals surface area contributed by atoms with Gasteiger partial charge >= 0.3 is 17.9 Å². The van der Waals surface area contributed by atoms with Crippen molar-refractivity contribution in [2.45, 2.75) is 183 Å². The van der Waals surface area contributed by atoms with Gasteiger partial charge in [0, 0.05) is 40.4 Å². The van der Waals surface area contributed by atoms with Gasteiger partial charge in [-0.2, -0.15) is 0 Å². The van der Waals surface area contributed by atoms with Crippen molar-refractivity contribution in [1.82, 2.24) is 16.0 Å². The molecule has 3 heterocycles. The molecule has 510 valence electrons. The number of esters is 3. The second-order valence-corrected chi connectivity index (χ2v) is 30.5. The molecule has 3 aliphatic rings. The SMILES string of the molecule is CCCOC(=O)CCCCCCNC1c2ccccc2N(C)S(=O)(=O)c2cc(C)ccc21.COC(=O)CCCCCCNC1c2ccccc2N(C)S(=O)(=O)c2cc(C)ccc21.Cc1ccc2c(c1)S(=O)(=O)N(C)c1ccccc1C2NCCCCCCC(=O)OC(C)C. The highest BCUT2D eigenvalue weighted by Crippen LogP contribution is 2.43. The van der Waals surface area contributed by atoms with Gasteiger partial charge in [-0.05, 0) is 186 Å². The van der Waals surface area contributed by atoms with Crippen molar-refractivity contribution in [3.63, 3.8) is 0 Å². The summed E-state index contributed by atoms with van der Waals surface area (Å²) in [6, 6.07) is 39.3. The van der Waals surface area contributed by atoms with E-state index in [0.717, 1.165) is 153 Å². The van der Waals surface area contributed by atoms with E-state index < -0.39 is 30.1 Å². The van der Waals surface area contributed by atoms with Crippen LogP contribution in [0.15, 0.2) is 142 Å². The van der Waals surface area contributed by atoms with Gasteiger partial charge in [0.25, 0.3) is 30.1 Å². The number of carbonyl (C=O) groups excluding carboxylic acids is 3. The second-order valence-electron chi connectivity index (χ2n) is 24.7. The predicted molar refractivity (Wildman–Crippen MR) is 373 cm³/mol. The Balaban J connectivity index is 0.000000200. The molecule has 0 amide bonds. The Labute approximate surface area is 559 Å². The van der Waals surface area contributed by atoms with E-state index in [1.54, 1.807) is 39.3 Å². The summed E-state index contributed by atoms with van der Waals surface area (Å²) in [5, 5.41) is 10.8. The minimum absolute atomic E-state index is 0.0660. The number of hydrogen-bond donors (Lipinski definition) is 3. The van der Waals surface area contributed by atoms with Gasteiger partial charge in [-0.3, -0.25) is 27.3 Å². The number of hydrogen-bond acceptors (Lipinski definition) is 15. The molecule has 3 N–H and O–H groups in total. The van der Waals surface area contributed by atoms with Gasteiger partial charge in [-0.1, -0.05) is 136 Å². The van der Waals surface area contributed by atoms with Crippen LogP contribution in [0.5, 0.6) is 0 Å². The predicted octanol–water partition coefficient (Wildman–Crippen LogP) is 13.4. The monoisotopic (exact) mass is 1350 g/mol. The second kappa shape index (κ2) is 35.0. The van der Waals surface area contributed by atoms with Crippen molar-refractivity contribution in [3.8, 4) is 0 Å². The highest BCUT2D eigenvalue weighted by Gasteiger charge is 2.38. The fourth-order valence-corrected chi connectivity index (χ4v) is 16.7. The number of nitrogens with zero attached hydrogens (tertiary/aromatic N) is 3. The lowest BCUT2D eigenvalue weighted by atomic mass is 9.96. The van der Waals surface area contributed by atoms with Gasteiger partial charge in [-0.15, -0.1) is 0 Å². The number of aryl methyl sites for hydroxylation is 3. The summed E-state index contributed by atoms with van der Waals surface area (Å²) in [6.45, 7) is 14.2. The minimum Gasteiger partial charge on any atom is -0.469 e. The zero-order valence-electron chi connectivity index (χ0n) is 56.5. The number of para-hydroxylation sites is 3. The van der Waals surface area contributed by atoms with Crippen molar-refractivity contribution in [3.05, 3.63) is 177 Å². The highest BCUT2D eigenvalue weighted by atomic mass is 32.2. The first-order valence-electron chi connectivity index (χ1n) is 33.1. The van der Waals surface area contributed by atoms with Crippen LogP contribution < -0.4 is 28.9 Å². The normalized spacial score (nSPS) is 16.9. The zero-order valence-corrected chi connectivity index (χ0v) is 59.0. The number of benzene rings is 6. The van der Waals surface area contributed by atoms with Crippen LogP contribution in [-0.4, -0.2) is 104 Å². The molecule has 6 aromatic rings. The summed E-state index contributed by atoms with van der Waals surface area (Å²) in [5.41, 5.74) is 10.1. The van der Waals surface area contributed by atoms with E-state index in [-0.39, 0.29) is 42.1 Å². The smallest absolute Gasteiger partial charge is 0.306 e. The fourth-order valence-electron chi connectivity index (χ4n) is 12.1. The number of ether oxygens (including phenoxy) is 3. The molecule has 21 heteroatoms. The third-order valence-corrected chi connectivity index (χ3v) is 22.6. The van der Waals surface area contributed by atoms with E-state index in [1.165, 1.54) is 20.0 Å². The molecular formula is C73H98N6O12S3. The molecule has 3 unspecified atom stereocenters. The van der Waals surface area contributed by atoms with E-state index in [4.69, 9.17) is 9.47 Å². The van der Waals surface area contributed by atoms with Gasteiger partial charge in [0.1, 0.15) is 0 Å². The van der Waals surface area contributed by atoms with Gasteiger partial charge in [0.15, 0.2) is 0 Å². The number of rotatable bonds is 27. The molecule has 0 aliphatic carbocycles. The Hall–Kier alpha value is -7.14. The third-order valence-electron chi connectivity index (χ3n) is 17.1. The standard InChI is InChI=1S/2C25H34N2O4S.C23H30N2O4S/c1-18(2)31-24(28)13-7-5-6-10-16-26-25-20-11-8-9-12-22(20)27(4)32(29,30)23-17-19(3)14-15-21(23)25;1-4-17-31-24(28)13-7-5-6-10-16-26-25-20-11-8-9-12-22(20)27(3)32(29,30)23-18-19(2)14-15-21(23)25;1-17-13-14-19-21(16-17)30(27,28)25(2)20-11-8-7-10-18(20)23(19)24-15-9-5-4-6-12-22(26)29-3/h8-9,11-12,14-15,17-18,25-26H,5-7,10,13,16H2,1-4H3;8-9,11-12,14-15,18,25-26H,4-7,10,13,16-17H2,1-3H3;7-8,10-11,13-14,16,23-24H,4-6,9,12,15H2,1-3H3. The maximum Gasteiger partial charge on any atom is 0.306 e. The van der Waals surface area contributed by atoms with Gasteiger partial charge in [0.2, 0.25) is 0 Å². The molecule has 0 bridgehead atoms. The third kappa shape index (κ3) is 19.1. The quantitative estimate of drug-likeness (QED) is 0.0248. The van der Waals surface area contributed by atoms with Crippen LogP contribution in [0.4, 0.5) is 17.1 Å². The molecule has 0 aromatic heterocycles. The number of nitrogens with one attached hydrogen (secondary N) is 3. The molecule has 0 spiro atoms. The van der Waals surface area contributed by atoms with Crippen molar-refractivity contribution < 1.29 is 53.8 Å². The summed E-state index contributed by atoms with van der Waals surface area (Å²) in [4.78, 5) is 35.5. The van der Waals surface area contributed by atoms with Gasteiger partial charge in [-0.25, -0.2) is 25.3 Å². The summed E-state index contributed by atoms with van der Waals surface area (Å²) < 4.78 is 98.9. The van der Waals surface area contributed by atoms with Crippen molar-refractivity contribution in [2.24, 2.45) is 0 Å². The molecule has 0 saturated carbocycles. The number of sulfonamides is 3. The van der Waals surface area contributed by atoms with E-state index in [9.17, 15) is 39.6 Å². The average molecular weight is 1350 g/mol. The van der Waals surface area contributed by atoms with Crippen LogP contribution in [0, 0.1) is 20.8 Å². The Morgan fingerprint density at radius 1 is 0.426 bits per heavy atom. The summed E-state index contributed by atoms with van der Waals surface area (Å²) >= 11 is 0. The van der Waals surface area contributed by atoms with E-state index in [1.807, 2.05) is 151 Å². The first-order valence-corrected chi connectivity index (χ1v) is 37.4. The molecule has 3 atom stereocenters. The lowest BCUT2D eigenvalue weighted by Crippen LogP contribution is -2.26. The first kappa shape index (κ1) is 74.3. The van der Waals surface area contributed by atoms with Crippen LogP contribution >= 0.6 is 0 Å². The molecule has 0 saturated heterocycles. The van der Waals surface area contributed by atoms with Crippen LogP contribution in [0.3, 0.4) is 0 Å². The molecule has 3 aliphatic heterocycles. The van der Waals surface area contributed by atoms with Gasteiger partial charge in [0.05, 0.1) is 69.7 Å².